The highest BCUT2D eigenvalue weighted by Crippen LogP contribution is 2.28. The van der Waals surface area contributed by atoms with Crippen LogP contribution in [0.1, 0.15) is 5.56 Å². The minimum atomic E-state index is 0.259. The Morgan fingerprint density at radius 3 is 2.75 bits per heavy atom. The molecule has 0 amide bonds. The molecule has 0 saturated carbocycles. The van der Waals surface area contributed by atoms with E-state index in [4.69, 9.17) is 18.0 Å². The van der Waals surface area contributed by atoms with E-state index in [2.05, 4.69) is 15.3 Å². The Morgan fingerprint density at radius 2 is 2.00 bits per heavy atom. The van der Waals surface area contributed by atoms with Crippen LogP contribution in [0, 0.1) is 6.92 Å². The van der Waals surface area contributed by atoms with E-state index in [1.807, 2.05) is 49.4 Å². The van der Waals surface area contributed by atoms with E-state index >= 15 is 0 Å². The van der Waals surface area contributed by atoms with Crippen molar-refractivity contribution >= 4 is 34.1 Å². The second kappa shape index (κ2) is 4.94. The van der Waals surface area contributed by atoms with E-state index < -0.39 is 0 Å². The first kappa shape index (κ1) is 12.6. The van der Waals surface area contributed by atoms with Crippen molar-refractivity contribution in [2.24, 2.45) is 5.73 Å². The SMILES string of the molecule is Cc1c(NC(N)=S)cccc1-c1nc2ccccc2[nH]1. The molecular formula is C15H14N4S. The summed E-state index contributed by atoms with van der Waals surface area (Å²) in [6, 6.07) is 13.9. The number of para-hydroxylation sites is 2. The maximum atomic E-state index is 5.54. The molecule has 0 radical (unpaired) electrons. The Morgan fingerprint density at radius 1 is 1.20 bits per heavy atom. The summed E-state index contributed by atoms with van der Waals surface area (Å²) >= 11 is 4.89. The number of nitrogens with two attached hydrogens (primary N) is 1. The standard InChI is InChI=1S/C15H14N4S/c1-9-10(5-4-8-11(9)19-15(16)20)14-17-12-6-2-3-7-13(12)18-14/h2-8H,1H3,(H,17,18)(H3,16,19,20). The molecule has 0 aliphatic rings. The zero-order valence-electron chi connectivity index (χ0n) is 11.0. The van der Waals surface area contributed by atoms with Gasteiger partial charge in [-0.3, -0.25) is 0 Å². The monoisotopic (exact) mass is 282 g/mol. The lowest BCUT2D eigenvalue weighted by atomic mass is 10.1. The van der Waals surface area contributed by atoms with E-state index in [0.29, 0.717) is 0 Å². The number of hydrogen-bond donors (Lipinski definition) is 3. The summed E-state index contributed by atoms with van der Waals surface area (Å²) in [5.74, 6) is 0.843. The van der Waals surface area contributed by atoms with Crippen LogP contribution in [0.15, 0.2) is 42.5 Å². The van der Waals surface area contributed by atoms with E-state index in [-0.39, 0.29) is 5.11 Å². The largest absolute Gasteiger partial charge is 0.376 e. The lowest BCUT2D eigenvalue weighted by Crippen LogP contribution is -2.19. The molecule has 1 heterocycles. The molecule has 0 atom stereocenters. The van der Waals surface area contributed by atoms with Crippen molar-refractivity contribution in [3.8, 4) is 11.4 Å². The fourth-order valence-corrected chi connectivity index (χ4v) is 2.35. The van der Waals surface area contributed by atoms with Gasteiger partial charge >= 0.3 is 0 Å². The van der Waals surface area contributed by atoms with Gasteiger partial charge in [-0.1, -0.05) is 24.3 Å². The van der Waals surface area contributed by atoms with Crippen molar-refractivity contribution in [3.05, 3.63) is 48.0 Å². The van der Waals surface area contributed by atoms with Crippen LogP contribution in [0.2, 0.25) is 0 Å². The Balaban J connectivity index is 2.11. The molecule has 1 aromatic heterocycles. The quantitative estimate of drug-likeness (QED) is 0.631. The number of nitrogens with zero attached hydrogens (tertiary/aromatic N) is 1. The highest BCUT2D eigenvalue weighted by atomic mass is 32.1. The fourth-order valence-electron chi connectivity index (χ4n) is 2.24. The van der Waals surface area contributed by atoms with Gasteiger partial charge in [-0.2, -0.15) is 0 Å². The molecule has 0 aliphatic heterocycles. The van der Waals surface area contributed by atoms with Crippen LogP contribution in [-0.2, 0) is 0 Å². The number of hydrogen-bond acceptors (Lipinski definition) is 2. The van der Waals surface area contributed by atoms with Crippen molar-refractivity contribution in [1.82, 2.24) is 9.97 Å². The first-order valence-corrected chi connectivity index (χ1v) is 6.67. The zero-order valence-corrected chi connectivity index (χ0v) is 11.8. The van der Waals surface area contributed by atoms with E-state index in [0.717, 1.165) is 33.7 Å². The number of aromatic nitrogens is 2. The molecule has 5 heteroatoms. The number of thiocarbonyl (C=S) groups is 1. The first-order chi connectivity index (χ1) is 9.65. The lowest BCUT2D eigenvalue weighted by Gasteiger charge is -2.10. The molecule has 20 heavy (non-hydrogen) atoms. The Hall–Kier alpha value is -2.40. The molecule has 0 fully saturated rings. The van der Waals surface area contributed by atoms with Crippen molar-refractivity contribution < 1.29 is 0 Å². The summed E-state index contributed by atoms with van der Waals surface area (Å²) in [4.78, 5) is 7.95. The molecule has 4 N–H and O–H groups in total. The summed E-state index contributed by atoms with van der Waals surface area (Å²) in [6.07, 6.45) is 0. The van der Waals surface area contributed by atoms with Gasteiger partial charge in [-0.25, -0.2) is 4.98 Å². The molecule has 3 aromatic rings. The van der Waals surface area contributed by atoms with Crippen molar-refractivity contribution in [2.45, 2.75) is 6.92 Å². The molecular weight excluding hydrogens is 268 g/mol. The summed E-state index contributed by atoms with van der Waals surface area (Å²) in [6.45, 7) is 2.02. The van der Waals surface area contributed by atoms with Crippen LogP contribution in [-0.4, -0.2) is 15.1 Å². The predicted octanol–water partition coefficient (Wildman–Crippen LogP) is 3.19. The molecule has 4 nitrogen and oxygen atoms in total. The minimum absolute atomic E-state index is 0.259. The number of aromatic amines is 1. The number of benzene rings is 2. The molecule has 3 rings (SSSR count). The molecule has 2 aromatic carbocycles. The molecule has 0 saturated heterocycles. The van der Waals surface area contributed by atoms with Crippen LogP contribution in [0.25, 0.3) is 22.4 Å². The maximum Gasteiger partial charge on any atom is 0.168 e. The number of anilines is 1. The Kier molecular flexibility index (Phi) is 3.12. The third-order valence-corrected chi connectivity index (χ3v) is 3.34. The number of rotatable bonds is 2. The second-order valence-electron chi connectivity index (χ2n) is 4.57. The smallest absolute Gasteiger partial charge is 0.168 e. The number of fused-ring (bicyclic) bond motifs is 1. The molecule has 100 valence electrons. The predicted molar refractivity (Wildman–Crippen MR) is 86.7 cm³/mol. The van der Waals surface area contributed by atoms with Gasteiger partial charge in [0.15, 0.2) is 5.11 Å². The van der Waals surface area contributed by atoms with Gasteiger partial charge in [-0.15, -0.1) is 0 Å². The minimum Gasteiger partial charge on any atom is -0.376 e. The Labute approximate surface area is 122 Å². The topological polar surface area (TPSA) is 66.7 Å². The van der Waals surface area contributed by atoms with E-state index in [9.17, 15) is 0 Å². The van der Waals surface area contributed by atoms with Gasteiger partial charge in [0.05, 0.1) is 11.0 Å². The van der Waals surface area contributed by atoms with Gasteiger partial charge in [0.2, 0.25) is 0 Å². The van der Waals surface area contributed by atoms with Gasteiger partial charge in [0.1, 0.15) is 5.82 Å². The number of nitrogens with one attached hydrogen (secondary N) is 2. The highest BCUT2D eigenvalue weighted by molar-refractivity contribution is 7.80. The van der Waals surface area contributed by atoms with Crippen LogP contribution < -0.4 is 11.1 Å². The van der Waals surface area contributed by atoms with Gasteiger partial charge < -0.3 is 16.0 Å². The molecule has 0 unspecified atom stereocenters. The molecule has 0 aliphatic carbocycles. The third kappa shape index (κ3) is 2.23. The normalized spacial score (nSPS) is 10.7. The molecule has 0 bridgehead atoms. The summed E-state index contributed by atoms with van der Waals surface area (Å²) < 4.78 is 0. The summed E-state index contributed by atoms with van der Waals surface area (Å²) in [5, 5.41) is 3.24. The van der Waals surface area contributed by atoms with Crippen molar-refractivity contribution in [2.75, 3.05) is 5.32 Å². The Bertz CT molecular complexity index is 758. The maximum absolute atomic E-state index is 5.54. The van der Waals surface area contributed by atoms with E-state index in [1.54, 1.807) is 0 Å². The number of H-pyrrole nitrogens is 1. The van der Waals surface area contributed by atoms with Crippen LogP contribution in [0.5, 0.6) is 0 Å². The van der Waals surface area contributed by atoms with Crippen molar-refractivity contribution in [3.63, 3.8) is 0 Å². The van der Waals surface area contributed by atoms with Crippen LogP contribution in [0.4, 0.5) is 5.69 Å². The van der Waals surface area contributed by atoms with Gasteiger partial charge in [0.25, 0.3) is 0 Å². The summed E-state index contributed by atoms with van der Waals surface area (Å²) in [5.41, 5.74) is 10.5. The lowest BCUT2D eigenvalue weighted by molar-refractivity contribution is 1.31. The highest BCUT2D eigenvalue weighted by Gasteiger charge is 2.10. The van der Waals surface area contributed by atoms with E-state index in [1.165, 1.54) is 0 Å². The second-order valence-corrected chi connectivity index (χ2v) is 5.01. The fraction of sp³-hybridized carbons (Fsp3) is 0.0667. The number of imidazole rings is 1. The average Bonchev–Trinajstić information content (AvgIpc) is 2.84. The van der Waals surface area contributed by atoms with Crippen LogP contribution in [0.3, 0.4) is 0 Å². The zero-order chi connectivity index (χ0) is 14.1. The first-order valence-electron chi connectivity index (χ1n) is 6.26. The average molecular weight is 282 g/mol. The van der Waals surface area contributed by atoms with Gasteiger partial charge in [0, 0.05) is 11.3 Å². The summed E-state index contributed by atoms with van der Waals surface area (Å²) in [7, 11) is 0. The van der Waals surface area contributed by atoms with Crippen molar-refractivity contribution in [1.29, 1.82) is 0 Å². The molecule has 0 spiro atoms. The van der Waals surface area contributed by atoms with Crippen LogP contribution >= 0.6 is 12.2 Å². The third-order valence-electron chi connectivity index (χ3n) is 3.24. The van der Waals surface area contributed by atoms with Gasteiger partial charge in [-0.05, 0) is 42.9 Å².